The van der Waals surface area contributed by atoms with E-state index in [0.717, 1.165) is 5.56 Å². The highest BCUT2D eigenvalue weighted by atomic mass is 32.2. The Morgan fingerprint density at radius 2 is 1.73 bits per heavy atom. The van der Waals surface area contributed by atoms with Crippen LogP contribution in [0.2, 0.25) is 0 Å². The van der Waals surface area contributed by atoms with Crippen molar-refractivity contribution in [2.45, 2.75) is 18.7 Å². The predicted octanol–water partition coefficient (Wildman–Crippen LogP) is 0.864. The summed E-state index contributed by atoms with van der Waals surface area (Å²) in [6, 6.07) is 6.92. The van der Waals surface area contributed by atoms with E-state index in [1.807, 2.05) is 19.1 Å². The fraction of sp³-hybridized carbons (Fsp3) is 0.533. The van der Waals surface area contributed by atoms with Crippen LogP contribution in [0, 0.1) is 6.92 Å². The highest BCUT2D eigenvalue weighted by Gasteiger charge is 2.28. The van der Waals surface area contributed by atoms with Gasteiger partial charge in [-0.25, -0.2) is 8.42 Å². The van der Waals surface area contributed by atoms with Crippen molar-refractivity contribution < 1.29 is 17.9 Å². The summed E-state index contributed by atoms with van der Waals surface area (Å²) in [6.45, 7) is 6.49. The number of sulfonamides is 1. The third kappa shape index (κ3) is 4.28. The molecule has 0 aliphatic carbocycles. The van der Waals surface area contributed by atoms with Gasteiger partial charge in [0.05, 0.1) is 4.90 Å². The second-order valence-electron chi connectivity index (χ2n) is 5.40. The summed E-state index contributed by atoms with van der Waals surface area (Å²) in [4.78, 5) is 13.2. The number of hydrogen-bond donors (Lipinski definition) is 0. The van der Waals surface area contributed by atoms with E-state index in [1.54, 1.807) is 12.1 Å². The molecule has 1 aliphatic rings. The van der Waals surface area contributed by atoms with Gasteiger partial charge < -0.3 is 4.74 Å². The van der Waals surface area contributed by atoms with E-state index in [2.05, 4.69) is 4.90 Å². The number of benzene rings is 1. The predicted molar refractivity (Wildman–Crippen MR) is 83.0 cm³/mol. The van der Waals surface area contributed by atoms with Crippen molar-refractivity contribution in [2.75, 3.05) is 39.3 Å². The van der Waals surface area contributed by atoms with Crippen LogP contribution in [0.4, 0.5) is 0 Å². The smallest absolute Gasteiger partial charge is 0.302 e. The number of piperazine rings is 1. The van der Waals surface area contributed by atoms with Crippen molar-refractivity contribution in [1.29, 1.82) is 0 Å². The van der Waals surface area contributed by atoms with Gasteiger partial charge in [0.2, 0.25) is 10.0 Å². The summed E-state index contributed by atoms with van der Waals surface area (Å²) in [5, 5.41) is 0. The van der Waals surface area contributed by atoms with Crippen molar-refractivity contribution in [3.8, 4) is 0 Å². The van der Waals surface area contributed by atoms with E-state index in [4.69, 9.17) is 4.74 Å². The number of aryl methyl sites for hydroxylation is 1. The molecule has 0 atom stereocenters. The number of rotatable bonds is 5. The van der Waals surface area contributed by atoms with Gasteiger partial charge in [-0.2, -0.15) is 4.31 Å². The van der Waals surface area contributed by atoms with Crippen molar-refractivity contribution in [3.63, 3.8) is 0 Å². The standard InChI is InChI=1S/C15H22N2O4S/c1-13-3-5-15(6-4-13)22(19,20)17-9-7-16(8-10-17)11-12-21-14(2)18/h3-6H,7-12H2,1-2H3. The molecular formula is C15H22N2O4S. The topological polar surface area (TPSA) is 66.9 Å². The summed E-state index contributed by atoms with van der Waals surface area (Å²) in [6.07, 6.45) is 0. The summed E-state index contributed by atoms with van der Waals surface area (Å²) in [7, 11) is -3.41. The Hall–Kier alpha value is -1.44. The zero-order valence-electron chi connectivity index (χ0n) is 13.0. The van der Waals surface area contributed by atoms with E-state index in [1.165, 1.54) is 11.2 Å². The van der Waals surface area contributed by atoms with Crippen LogP contribution in [0.1, 0.15) is 12.5 Å². The quantitative estimate of drug-likeness (QED) is 0.751. The van der Waals surface area contributed by atoms with E-state index >= 15 is 0 Å². The summed E-state index contributed by atoms with van der Waals surface area (Å²) < 4.78 is 31.5. The monoisotopic (exact) mass is 326 g/mol. The minimum absolute atomic E-state index is 0.291. The first kappa shape index (κ1) is 16.9. The Morgan fingerprint density at radius 3 is 2.27 bits per heavy atom. The maximum atomic E-state index is 12.5. The van der Waals surface area contributed by atoms with E-state index in [9.17, 15) is 13.2 Å². The van der Waals surface area contributed by atoms with Gasteiger partial charge in [-0.05, 0) is 19.1 Å². The Labute approximate surface area is 131 Å². The zero-order chi connectivity index (χ0) is 16.2. The minimum Gasteiger partial charge on any atom is -0.465 e. The Morgan fingerprint density at radius 1 is 1.14 bits per heavy atom. The Kier molecular flexibility index (Phi) is 5.55. The second kappa shape index (κ2) is 7.21. The van der Waals surface area contributed by atoms with E-state index < -0.39 is 10.0 Å². The van der Waals surface area contributed by atoms with E-state index in [-0.39, 0.29) is 5.97 Å². The first-order valence-corrected chi connectivity index (χ1v) is 8.76. The molecule has 0 aromatic heterocycles. The average molecular weight is 326 g/mol. The molecule has 0 bridgehead atoms. The normalized spacial score (nSPS) is 17.4. The van der Waals surface area contributed by atoms with Gasteiger partial charge in [0, 0.05) is 39.6 Å². The van der Waals surface area contributed by atoms with Gasteiger partial charge in [-0.15, -0.1) is 0 Å². The molecule has 2 rings (SSSR count). The van der Waals surface area contributed by atoms with Crippen LogP contribution in [0.3, 0.4) is 0 Å². The van der Waals surface area contributed by atoms with Crippen LogP contribution in [-0.2, 0) is 19.6 Å². The van der Waals surface area contributed by atoms with Crippen LogP contribution >= 0.6 is 0 Å². The van der Waals surface area contributed by atoms with Gasteiger partial charge in [0.25, 0.3) is 0 Å². The molecule has 1 aromatic carbocycles. The number of carbonyl (C=O) groups excluding carboxylic acids is 1. The fourth-order valence-corrected chi connectivity index (χ4v) is 3.79. The lowest BCUT2D eigenvalue weighted by atomic mass is 10.2. The summed E-state index contributed by atoms with van der Waals surface area (Å²) in [5.41, 5.74) is 1.04. The van der Waals surface area contributed by atoms with Gasteiger partial charge in [0.15, 0.2) is 0 Å². The summed E-state index contributed by atoms with van der Waals surface area (Å²) >= 11 is 0. The molecule has 1 fully saturated rings. The molecule has 7 heteroatoms. The second-order valence-corrected chi connectivity index (χ2v) is 7.34. The van der Waals surface area contributed by atoms with Crippen LogP contribution < -0.4 is 0 Å². The first-order valence-electron chi connectivity index (χ1n) is 7.32. The molecule has 0 saturated carbocycles. The number of ether oxygens (including phenoxy) is 1. The van der Waals surface area contributed by atoms with Crippen LogP contribution in [0.25, 0.3) is 0 Å². The highest BCUT2D eigenvalue weighted by Crippen LogP contribution is 2.18. The SMILES string of the molecule is CC(=O)OCCN1CCN(S(=O)(=O)c2ccc(C)cc2)CC1. The van der Waals surface area contributed by atoms with Gasteiger partial charge in [-0.1, -0.05) is 17.7 Å². The number of esters is 1. The van der Waals surface area contributed by atoms with E-state index in [0.29, 0.717) is 44.2 Å². The van der Waals surface area contributed by atoms with Crippen molar-refractivity contribution in [3.05, 3.63) is 29.8 Å². The molecular weight excluding hydrogens is 304 g/mol. The maximum Gasteiger partial charge on any atom is 0.302 e. The maximum absolute atomic E-state index is 12.5. The molecule has 1 heterocycles. The lowest BCUT2D eigenvalue weighted by Crippen LogP contribution is -2.49. The molecule has 1 aliphatic heterocycles. The van der Waals surface area contributed by atoms with Crippen LogP contribution in [0.5, 0.6) is 0 Å². The van der Waals surface area contributed by atoms with Crippen molar-refractivity contribution in [1.82, 2.24) is 9.21 Å². The van der Waals surface area contributed by atoms with Gasteiger partial charge in [-0.3, -0.25) is 9.69 Å². The highest BCUT2D eigenvalue weighted by molar-refractivity contribution is 7.89. The van der Waals surface area contributed by atoms with Crippen LogP contribution in [0.15, 0.2) is 29.2 Å². The largest absolute Gasteiger partial charge is 0.465 e. The lowest BCUT2D eigenvalue weighted by molar-refractivity contribution is -0.141. The van der Waals surface area contributed by atoms with Crippen LogP contribution in [-0.4, -0.2) is 62.9 Å². The molecule has 1 aromatic rings. The molecule has 0 spiro atoms. The molecule has 0 amide bonds. The van der Waals surface area contributed by atoms with Gasteiger partial charge >= 0.3 is 5.97 Å². The van der Waals surface area contributed by atoms with Gasteiger partial charge in [0.1, 0.15) is 6.61 Å². The first-order chi connectivity index (χ1) is 10.4. The number of carbonyl (C=O) groups is 1. The average Bonchev–Trinajstić information content (AvgIpc) is 2.48. The molecule has 0 unspecified atom stereocenters. The van der Waals surface area contributed by atoms with Crippen molar-refractivity contribution in [2.24, 2.45) is 0 Å². The Bertz CT molecular complexity index is 605. The fourth-order valence-electron chi connectivity index (χ4n) is 2.37. The van der Waals surface area contributed by atoms with Crippen molar-refractivity contribution >= 4 is 16.0 Å². The molecule has 0 N–H and O–H groups in total. The molecule has 22 heavy (non-hydrogen) atoms. The third-order valence-corrected chi connectivity index (χ3v) is 5.62. The Balaban J connectivity index is 1.90. The molecule has 6 nitrogen and oxygen atoms in total. The lowest BCUT2D eigenvalue weighted by Gasteiger charge is -2.33. The summed E-state index contributed by atoms with van der Waals surface area (Å²) in [5.74, 6) is -0.291. The zero-order valence-corrected chi connectivity index (χ0v) is 13.8. The number of hydrogen-bond acceptors (Lipinski definition) is 5. The number of nitrogens with zero attached hydrogens (tertiary/aromatic N) is 2. The molecule has 1 saturated heterocycles. The molecule has 0 radical (unpaired) electrons. The molecule has 122 valence electrons. The third-order valence-electron chi connectivity index (χ3n) is 3.70. The minimum atomic E-state index is -3.41.